The number of carbonyl (C=O) groups is 1. The Labute approximate surface area is 107 Å². The largest absolute Gasteiger partial charge is 0.361 e. The number of rotatable bonds is 3. The molecule has 3 rings (SSSR count). The molecule has 1 aliphatic rings. The van der Waals surface area contributed by atoms with Gasteiger partial charge >= 0.3 is 0 Å². The number of hydrogen-bond donors (Lipinski definition) is 2. The van der Waals surface area contributed by atoms with E-state index in [1.165, 1.54) is 19.3 Å². The van der Waals surface area contributed by atoms with Gasteiger partial charge in [0.1, 0.15) is 0 Å². The first-order chi connectivity index (χ1) is 8.68. The molecular formula is C15H18N2O. The van der Waals surface area contributed by atoms with Crippen LogP contribution in [-0.4, -0.2) is 17.4 Å². The number of hydrogen-bond acceptors (Lipinski definition) is 1. The molecule has 3 heteroatoms. The number of amides is 1. The molecule has 1 saturated carbocycles. The van der Waals surface area contributed by atoms with Gasteiger partial charge in [0, 0.05) is 29.2 Å². The smallest absolute Gasteiger partial charge is 0.251 e. The molecule has 1 aromatic carbocycles. The van der Waals surface area contributed by atoms with E-state index in [0.29, 0.717) is 5.41 Å². The second kappa shape index (κ2) is 4.16. The molecule has 3 nitrogen and oxygen atoms in total. The Morgan fingerprint density at radius 1 is 1.39 bits per heavy atom. The molecule has 0 aliphatic heterocycles. The van der Waals surface area contributed by atoms with E-state index in [1.807, 2.05) is 30.5 Å². The normalized spacial score (nSPS) is 17.4. The quantitative estimate of drug-likeness (QED) is 0.853. The molecule has 0 saturated heterocycles. The third-order valence-corrected chi connectivity index (χ3v) is 4.08. The average molecular weight is 242 g/mol. The first kappa shape index (κ1) is 11.3. The molecule has 18 heavy (non-hydrogen) atoms. The van der Waals surface area contributed by atoms with Crippen LogP contribution in [0.4, 0.5) is 0 Å². The van der Waals surface area contributed by atoms with E-state index in [0.717, 1.165) is 23.0 Å². The van der Waals surface area contributed by atoms with Gasteiger partial charge in [-0.3, -0.25) is 4.79 Å². The van der Waals surface area contributed by atoms with Crippen molar-refractivity contribution in [3.63, 3.8) is 0 Å². The van der Waals surface area contributed by atoms with Gasteiger partial charge in [0.05, 0.1) is 0 Å². The summed E-state index contributed by atoms with van der Waals surface area (Å²) in [5.41, 5.74) is 2.09. The molecule has 0 bridgehead atoms. The fourth-order valence-electron chi connectivity index (χ4n) is 2.63. The Hall–Kier alpha value is -1.77. The predicted octanol–water partition coefficient (Wildman–Crippen LogP) is 3.09. The maximum Gasteiger partial charge on any atom is 0.251 e. The van der Waals surface area contributed by atoms with Crippen LogP contribution in [0.15, 0.2) is 30.5 Å². The average Bonchev–Trinajstić information content (AvgIpc) is 2.81. The highest BCUT2D eigenvalue weighted by Crippen LogP contribution is 2.39. The predicted molar refractivity (Wildman–Crippen MR) is 72.6 cm³/mol. The van der Waals surface area contributed by atoms with Crippen LogP contribution in [0.3, 0.4) is 0 Å². The maximum absolute atomic E-state index is 12.2. The number of aromatic amines is 1. The van der Waals surface area contributed by atoms with Crippen molar-refractivity contribution in [1.82, 2.24) is 10.3 Å². The molecular weight excluding hydrogens is 224 g/mol. The molecule has 0 radical (unpaired) electrons. The summed E-state index contributed by atoms with van der Waals surface area (Å²) in [4.78, 5) is 15.3. The number of H-pyrrole nitrogens is 1. The summed E-state index contributed by atoms with van der Waals surface area (Å²) in [7, 11) is 0. The molecule has 0 unspecified atom stereocenters. The van der Waals surface area contributed by atoms with Gasteiger partial charge in [0.25, 0.3) is 5.91 Å². The number of aromatic nitrogens is 1. The van der Waals surface area contributed by atoms with Crippen molar-refractivity contribution in [3.8, 4) is 0 Å². The van der Waals surface area contributed by atoms with E-state index in [4.69, 9.17) is 0 Å². The van der Waals surface area contributed by atoms with E-state index in [2.05, 4.69) is 17.2 Å². The van der Waals surface area contributed by atoms with Crippen molar-refractivity contribution in [2.24, 2.45) is 5.41 Å². The first-order valence-electron chi connectivity index (χ1n) is 6.52. The van der Waals surface area contributed by atoms with E-state index >= 15 is 0 Å². The van der Waals surface area contributed by atoms with Crippen LogP contribution in [0.1, 0.15) is 36.5 Å². The monoisotopic (exact) mass is 242 g/mol. The van der Waals surface area contributed by atoms with Crippen LogP contribution in [0.25, 0.3) is 10.9 Å². The van der Waals surface area contributed by atoms with Crippen molar-refractivity contribution >= 4 is 16.8 Å². The van der Waals surface area contributed by atoms with Crippen molar-refractivity contribution in [2.45, 2.75) is 26.2 Å². The van der Waals surface area contributed by atoms with Crippen LogP contribution < -0.4 is 5.32 Å². The van der Waals surface area contributed by atoms with Gasteiger partial charge in [-0.15, -0.1) is 0 Å². The lowest BCUT2D eigenvalue weighted by Gasteiger charge is -2.38. The van der Waals surface area contributed by atoms with Gasteiger partial charge in [-0.25, -0.2) is 0 Å². The van der Waals surface area contributed by atoms with Gasteiger partial charge < -0.3 is 10.3 Å². The molecule has 1 aromatic heterocycles. The molecule has 0 atom stereocenters. The third kappa shape index (κ3) is 1.90. The summed E-state index contributed by atoms with van der Waals surface area (Å²) in [5.74, 6) is 0.0355. The Kier molecular flexibility index (Phi) is 2.62. The van der Waals surface area contributed by atoms with Crippen LogP contribution >= 0.6 is 0 Å². The molecule has 2 N–H and O–H groups in total. The van der Waals surface area contributed by atoms with E-state index in [-0.39, 0.29) is 5.91 Å². The molecule has 1 heterocycles. The molecule has 0 spiro atoms. The molecule has 2 aromatic rings. The third-order valence-electron chi connectivity index (χ3n) is 4.08. The summed E-state index contributed by atoms with van der Waals surface area (Å²) in [5, 5.41) is 4.06. The second-order valence-corrected chi connectivity index (χ2v) is 5.59. The summed E-state index contributed by atoms with van der Waals surface area (Å²) in [6, 6.07) is 7.74. The van der Waals surface area contributed by atoms with E-state index in [9.17, 15) is 4.79 Å². The van der Waals surface area contributed by atoms with Crippen molar-refractivity contribution in [1.29, 1.82) is 0 Å². The minimum Gasteiger partial charge on any atom is -0.361 e. The fourth-order valence-corrected chi connectivity index (χ4v) is 2.63. The molecule has 1 aliphatic carbocycles. The Balaban J connectivity index is 1.77. The maximum atomic E-state index is 12.2. The van der Waals surface area contributed by atoms with Crippen LogP contribution in [-0.2, 0) is 0 Å². The SMILES string of the molecule is CC1(CNC(=O)c2cccc3[nH]ccc23)CCC1. The highest BCUT2D eigenvalue weighted by molar-refractivity contribution is 6.06. The lowest BCUT2D eigenvalue weighted by Crippen LogP contribution is -2.39. The van der Waals surface area contributed by atoms with Crippen LogP contribution in [0.5, 0.6) is 0 Å². The summed E-state index contributed by atoms with van der Waals surface area (Å²) in [6.45, 7) is 3.03. The van der Waals surface area contributed by atoms with Crippen molar-refractivity contribution < 1.29 is 4.79 Å². The van der Waals surface area contributed by atoms with Gasteiger partial charge in [0.2, 0.25) is 0 Å². The summed E-state index contributed by atoms with van der Waals surface area (Å²) >= 11 is 0. The highest BCUT2D eigenvalue weighted by Gasteiger charge is 2.32. The van der Waals surface area contributed by atoms with Crippen molar-refractivity contribution in [3.05, 3.63) is 36.0 Å². The number of carbonyl (C=O) groups excluding carboxylic acids is 1. The Bertz CT molecular complexity index is 581. The zero-order valence-electron chi connectivity index (χ0n) is 10.6. The van der Waals surface area contributed by atoms with E-state index < -0.39 is 0 Å². The number of fused-ring (bicyclic) bond motifs is 1. The number of nitrogens with one attached hydrogen (secondary N) is 2. The van der Waals surface area contributed by atoms with Gasteiger partial charge in [-0.2, -0.15) is 0 Å². The summed E-state index contributed by atoms with van der Waals surface area (Å²) in [6.07, 6.45) is 5.61. The second-order valence-electron chi connectivity index (χ2n) is 5.59. The Morgan fingerprint density at radius 3 is 2.94 bits per heavy atom. The fraction of sp³-hybridized carbons (Fsp3) is 0.400. The molecule has 1 fully saturated rings. The van der Waals surface area contributed by atoms with Crippen LogP contribution in [0.2, 0.25) is 0 Å². The zero-order valence-corrected chi connectivity index (χ0v) is 10.6. The van der Waals surface area contributed by atoms with Gasteiger partial charge in [0.15, 0.2) is 0 Å². The molecule has 1 amide bonds. The lowest BCUT2D eigenvalue weighted by molar-refractivity contribution is 0.0892. The lowest BCUT2D eigenvalue weighted by atomic mass is 9.70. The summed E-state index contributed by atoms with van der Waals surface area (Å²) < 4.78 is 0. The van der Waals surface area contributed by atoms with Crippen molar-refractivity contribution in [2.75, 3.05) is 6.54 Å². The van der Waals surface area contributed by atoms with Gasteiger partial charge in [-0.05, 0) is 36.5 Å². The van der Waals surface area contributed by atoms with E-state index in [1.54, 1.807) is 0 Å². The Morgan fingerprint density at radius 2 is 2.22 bits per heavy atom. The highest BCUT2D eigenvalue weighted by atomic mass is 16.1. The topological polar surface area (TPSA) is 44.9 Å². The minimum atomic E-state index is 0.0355. The first-order valence-corrected chi connectivity index (χ1v) is 6.52. The molecule has 94 valence electrons. The number of benzene rings is 1. The van der Waals surface area contributed by atoms with Crippen LogP contribution in [0, 0.1) is 5.41 Å². The minimum absolute atomic E-state index is 0.0355. The van der Waals surface area contributed by atoms with Gasteiger partial charge in [-0.1, -0.05) is 19.4 Å². The standard InChI is InChI=1S/C15H18N2O/c1-15(7-3-8-15)10-17-14(18)12-4-2-5-13-11(12)6-9-16-13/h2,4-6,9,16H,3,7-8,10H2,1H3,(H,17,18). The zero-order chi connectivity index (χ0) is 12.6.